The first-order valence-electron chi connectivity index (χ1n) is 6.33. The zero-order valence-electron chi connectivity index (χ0n) is 11.1. The third-order valence-electron chi connectivity index (χ3n) is 3.02. The molecule has 0 aliphatic carbocycles. The molecule has 0 N–H and O–H groups in total. The first kappa shape index (κ1) is 14.0. The summed E-state index contributed by atoms with van der Waals surface area (Å²) in [6.45, 7) is 7.38. The van der Waals surface area contributed by atoms with E-state index in [0.717, 1.165) is 32.0 Å². The quantitative estimate of drug-likeness (QED) is 0.713. The van der Waals surface area contributed by atoms with Crippen molar-refractivity contribution in [2.75, 3.05) is 13.2 Å². The number of amides is 1. The molecule has 0 radical (unpaired) electrons. The molecule has 1 rings (SSSR count). The average Bonchev–Trinajstić information content (AvgIpc) is 2.27. The summed E-state index contributed by atoms with van der Waals surface area (Å²) in [5, 5.41) is 0. The number of ether oxygens (including phenoxy) is 1. The van der Waals surface area contributed by atoms with Gasteiger partial charge in [-0.3, -0.25) is 4.90 Å². The van der Waals surface area contributed by atoms with Gasteiger partial charge >= 0.3 is 6.09 Å². The fourth-order valence-electron chi connectivity index (χ4n) is 1.85. The van der Waals surface area contributed by atoms with Crippen molar-refractivity contribution in [2.24, 2.45) is 5.41 Å². The number of rotatable bonds is 3. The molecule has 1 aliphatic heterocycles. The lowest BCUT2D eigenvalue weighted by atomic mass is 9.93. The second-order valence-corrected chi connectivity index (χ2v) is 5.82. The number of carbonyl (C=O) groups excluding carboxylic acids is 2. The highest BCUT2D eigenvalue weighted by atomic mass is 16.6. The molecule has 17 heavy (non-hydrogen) atoms. The summed E-state index contributed by atoms with van der Waals surface area (Å²) in [5.41, 5.74) is 0.159. The molecule has 1 fully saturated rings. The van der Waals surface area contributed by atoms with E-state index in [0.29, 0.717) is 13.2 Å². The van der Waals surface area contributed by atoms with Crippen LogP contribution >= 0.6 is 0 Å². The lowest BCUT2D eigenvalue weighted by Crippen LogP contribution is -2.45. The van der Waals surface area contributed by atoms with Crippen LogP contribution in [0.4, 0.5) is 4.79 Å². The highest BCUT2D eigenvalue weighted by molar-refractivity contribution is 5.73. The number of aldehydes is 1. The molecule has 0 aromatic heterocycles. The summed E-state index contributed by atoms with van der Waals surface area (Å²) in [4.78, 5) is 24.2. The average molecular weight is 241 g/mol. The summed E-state index contributed by atoms with van der Waals surface area (Å²) in [5.74, 6) is 0. The number of hydrogen-bond acceptors (Lipinski definition) is 3. The first-order valence-corrected chi connectivity index (χ1v) is 6.33. The van der Waals surface area contributed by atoms with Crippen LogP contribution in [-0.2, 0) is 9.53 Å². The maximum Gasteiger partial charge on any atom is 0.410 e. The molecule has 98 valence electrons. The molecule has 0 spiro atoms. The Balaban J connectivity index is 2.38. The molecule has 4 nitrogen and oxygen atoms in total. The zero-order chi connectivity index (χ0) is 12.9. The topological polar surface area (TPSA) is 46.6 Å². The molecule has 1 aliphatic rings. The molecule has 0 unspecified atom stereocenters. The number of nitrogens with zero attached hydrogens (tertiary/aromatic N) is 1. The van der Waals surface area contributed by atoms with Crippen molar-refractivity contribution in [2.45, 2.75) is 52.5 Å². The van der Waals surface area contributed by atoms with Crippen LogP contribution < -0.4 is 0 Å². The first-order chi connectivity index (χ1) is 7.94. The highest BCUT2D eigenvalue weighted by Gasteiger charge is 2.27. The summed E-state index contributed by atoms with van der Waals surface area (Å²) >= 11 is 0. The second kappa shape index (κ2) is 6.03. The van der Waals surface area contributed by atoms with Crippen molar-refractivity contribution >= 4 is 12.4 Å². The second-order valence-electron chi connectivity index (χ2n) is 5.82. The number of piperidine rings is 1. The van der Waals surface area contributed by atoms with Gasteiger partial charge < -0.3 is 9.53 Å². The molecule has 1 amide bonds. The van der Waals surface area contributed by atoms with Crippen molar-refractivity contribution in [3.8, 4) is 0 Å². The van der Waals surface area contributed by atoms with Crippen LogP contribution in [0.1, 0.15) is 46.5 Å². The van der Waals surface area contributed by atoms with Crippen molar-refractivity contribution in [3.63, 3.8) is 0 Å². The fraction of sp³-hybridized carbons (Fsp3) is 0.846. The number of hydrogen-bond donors (Lipinski definition) is 0. The van der Waals surface area contributed by atoms with E-state index < -0.39 is 0 Å². The Kier molecular flexibility index (Phi) is 4.97. The Bertz CT molecular complexity index is 270. The van der Waals surface area contributed by atoms with Gasteiger partial charge in [-0.15, -0.1) is 0 Å². The van der Waals surface area contributed by atoms with Crippen molar-refractivity contribution in [1.82, 2.24) is 4.90 Å². The van der Waals surface area contributed by atoms with Crippen LogP contribution in [0.15, 0.2) is 0 Å². The number of carbonyl (C=O) groups is 2. The molecule has 0 aromatic rings. The molecule has 0 aromatic carbocycles. The summed E-state index contributed by atoms with van der Waals surface area (Å²) in [6.07, 6.45) is 4.07. The molecular formula is C13H23NO3. The van der Waals surface area contributed by atoms with Gasteiger partial charge in [0.1, 0.15) is 6.29 Å². The van der Waals surface area contributed by atoms with E-state index in [1.807, 2.05) is 0 Å². The molecule has 1 saturated heterocycles. The van der Waals surface area contributed by atoms with E-state index in [-0.39, 0.29) is 17.6 Å². The maximum absolute atomic E-state index is 11.8. The standard InChI is InChI=1S/C13H23NO3/c1-13(2,3)7-9-17-12(16)14-8-5-4-6-11(14)10-15/h10-11H,4-9H2,1-3H3/t11-/m0/s1. The monoisotopic (exact) mass is 241 g/mol. The van der Waals surface area contributed by atoms with Gasteiger partial charge in [0.15, 0.2) is 0 Å². The molecule has 4 heteroatoms. The Morgan fingerprint density at radius 3 is 2.71 bits per heavy atom. The number of likely N-dealkylation sites (tertiary alicyclic amines) is 1. The van der Waals surface area contributed by atoms with Crippen LogP contribution in [0, 0.1) is 5.41 Å². The molecular weight excluding hydrogens is 218 g/mol. The third kappa shape index (κ3) is 4.75. The van der Waals surface area contributed by atoms with Crippen LogP contribution in [-0.4, -0.2) is 36.5 Å². The smallest absolute Gasteiger partial charge is 0.410 e. The van der Waals surface area contributed by atoms with Crippen molar-refractivity contribution in [1.29, 1.82) is 0 Å². The predicted molar refractivity (Wildman–Crippen MR) is 65.8 cm³/mol. The van der Waals surface area contributed by atoms with Gasteiger partial charge in [0.05, 0.1) is 12.6 Å². The van der Waals surface area contributed by atoms with Crippen LogP contribution in [0.25, 0.3) is 0 Å². The van der Waals surface area contributed by atoms with Gasteiger partial charge in [0.25, 0.3) is 0 Å². The van der Waals surface area contributed by atoms with Gasteiger partial charge in [-0.2, -0.15) is 0 Å². The summed E-state index contributed by atoms with van der Waals surface area (Å²) in [6, 6.07) is -0.286. The molecule has 1 heterocycles. The van der Waals surface area contributed by atoms with E-state index in [4.69, 9.17) is 4.74 Å². The fourth-order valence-corrected chi connectivity index (χ4v) is 1.85. The Morgan fingerprint density at radius 2 is 2.12 bits per heavy atom. The van der Waals surface area contributed by atoms with Crippen molar-refractivity contribution in [3.05, 3.63) is 0 Å². The predicted octanol–water partition coefficient (Wildman–Crippen LogP) is 2.61. The lowest BCUT2D eigenvalue weighted by molar-refractivity contribution is -0.113. The third-order valence-corrected chi connectivity index (χ3v) is 3.02. The maximum atomic E-state index is 11.8. The van der Waals surface area contributed by atoms with Gasteiger partial charge in [0, 0.05) is 6.54 Å². The Labute approximate surface area is 103 Å². The molecule has 0 saturated carbocycles. The minimum absolute atomic E-state index is 0.159. The summed E-state index contributed by atoms with van der Waals surface area (Å²) in [7, 11) is 0. The van der Waals surface area contributed by atoms with Crippen LogP contribution in [0.3, 0.4) is 0 Å². The molecule has 0 bridgehead atoms. The summed E-state index contributed by atoms with van der Waals surface area (Å²) < 4.78 is 5.22. The van der Waals surface area contributed by atoms with Crippen molar-refractivity contribution < 1.29 is 14.3 Å². The Morgan fingerprint density at radius 1 is 1.41 bits per heavy atom. The van der Waals surface area contributed by atoms with E-state index >= 15 is 0 Å². The van der Waals surface area contributed by atoms with Gasteiger partial charge in [-0.1, -0.05) is 20.8 Å². The van der Waals surface area contributed by atoms with Gasteiger partial charge in [0.2, 0.25) is 0 Å². The van der Waals surface area contributed by atoms with E-state index in [9.17, 15) is 9.59 Å². The van der Waals surface area contributed by atoms with Crippen LogP contribution in [0.2, 0.25) is 0 Å². The normalized spacial score (nSPS) is 21.1. The SMILES string of the molecule is CC(C)(C)CCOC(=O)N1CCCC[C@H]1C=O. The largest absolute Gasteiger partial charge is 0.449 e. The highest BCUT2D eigenvalue weighted by Crippen LogP contribution is 2.20. The minimum atomic E-state index is -0.342. The minimum Gasteiger partial charge on any atom is -0.449 e. The molecule has 1 atom stereocenters. The lowest BCUT2D eigenvalue weighted by Gasteiger charge is -2.31. The van der Waals surface area contributed by atoms with E-state index in [1.54, 1.807) is 4.90 Å². The zero-order valence-corrected chi connectivity index (χ0v) is 11.1. The Hall–Kier alpha value is -1.06. The van der Waals surface area contributed by atoms with Crippen LogP contribution in [0.5, 0.6) is 0 Å². The van der Waals surface area contributed by atoms with E-state index in [1.165, 1.54) is 0 Å². The van der Waals surface area contributed by atoms with Gasteiger partial charge in [-0.05, 0) is 31.1 Å². The van der Waals surface area contributed by atoms with Gasteiger partial charge in [-0.25, -0.2) is 4.79 Å². The van der Waals surface area contributed by atoms with E-state index in [2.05, 4.69) is 20.8 Å².